The summed E-state index contributed by atoms with van der Waals surface area (Å²) in [5.74, 6) is 1.22. The Morgan fingerprint density at radius 1 is 1.57 bits per heavy atom. The molecule has 0 amide bonds. The quantitative estimate of drug-likeness (QED) is 0.748. The third kappa shape index (κ3) is 2.48. The van der Waals surface area contributed by atoms with Gasteiger partial charge in [0.05, 0.1) is 12.6 Å². The van der Waals surface area contributed by atoms with Gasteiger partial charge in [0, 0.05) is 18.9 Å². The molecule has 14 heavy (non-hydrogen) atoms. The molecule has 0 aromatic carbocycles. The van der Waals surface area contributed by atoms with E-state index in [-0.39, 0.29) is 12.6 Å². The smallest absolute Gasteiger partial charge is 0.203 e. The highest BCUT2D eigenvalue weighted by Gasteiger charge is 2.13. The predicted molar refractivity (Wildman–Crippen MR) is 57.2 cm³/mol. The lowest BCUT2D eigenvalue weighted by molar-refractivity contribution is 0.248. The highest BCUT2D eigenvalue weighted by molar-refractivity contribution is 5.27. The van der Waals surface area contributed by atoms with Crippen LogP contribution in [0, 0.1) is 5.92 Å². The minimum absolute atomic E-state index is 0.0719. The maximum Gasteiger partial charge on any atom is 0.203 e. The van der Waals surface area contributed by atoms with Gasteiger partial charge in [-0.1, -0.05) is 13.8 Å². The lowest BCUT2D eigenvalue weighted by atomic mass is 10.1. The largest absolute Gasteiger partial charge is 0.394 e. The molecule has 2 N–H and O–H groups in total. The number of aromatic nitrogens is 2. The van der Waals surface area contributed by atoms with Crippen molar-refractivity contribution in [3.05, 3.63) is 12.4 Å². The van der Waals surface area contributed by atoms with Gasteiger partial charge in [-0.05, 0) is 12.8 Å². The standard InChI is InChI=1S/C10H19N3O/c1-4-13-6-5-11-10(13)12-9(7-14)8(2)3/h5-6,8-9,14H,4,7H2,1-3H3,(H,11,12)/t9-/m1/s1. The van der Waals surface area contributed by atoms with Crippen molar-refractivity contribution < 1.29 is 5.11 Å². The molecule has 1 heterocycles. The van der Waals surface area contributed by atoms with E-state index < -0.39 is 0 Å². The molecule has 0 saturated carbocycles. The van der Waals surface area contributed by atoms with E-state index in [4.69, 9.17) is 5.11 Å². The summed E-state index contributed by atoms with van der Waals surface area (Å²) in [4.78, 5) is 4.20. The van der Waals surface area contributed by atoms with Crippen LogP contribution in [-0.4, -0.2) is 27.3 Å². The molecule has 4 nitrogen and oxygen atoms in total. The van der Waals surface area contributed by atoms with Crippen molar-refractivity contribution in [1.29, 1.82) is 0 Å². The van der Waals surface area contributed by atoms with Gasteiger partial charge in [0.1, 0.15) is 0 Å². The molecule has 4 heteroatoms. The Morgan fingerprint density at radius 3 is 2.79 bits per heavy atom. The fourth-order valence-corrected chi connectivity index (χ4v) is 1.29. The Labute approximate surface area is 85.0 Å². The van der Waals surface area contributed by atoms with Crippen molar-refractivity contribution in [3.8, 4) is 0 Å². The van der Waals surface area contributed by atoms with Crippen LogP contribution in [0.2, 0.25) is 0 Å². The van der Waals surface area contributed by atoms with Crippen LogP contribution >= 0.6 is 0 Å². The minimum Gasteiger partial charge on any atom is -0.394 e. The Bertz CT molecular complexity index is 270. The van der Waals surface area contributed by atoms with Crippen LogP contribution in [-0.2, 0) is 6.54 Å². The zero-order valence-corrected chi connectivity index (χ0v) is 9.07. The number of hydrogen-bond acceptors (Lipinski definition) is 3. The third-order valence-electron chi connectivity index (χ3n) is 2.37. The molecule has 0 aliphatic carbocycles. The lowest BCUT2D eigenvalue weighted by Crippen LogP contribution is -2.30. The molecule has 1 rings (SSSR count). The van der Waals surface area contributed by atoms with E-state index in [0.717, 1.165) is 12.5 Å². The van der Waals surface area contributed by atoms with Crippen molar-refractivity contribution in [3.63, 3.8) is 0 Å². The number of imidazole rings is 1. The summed E-state index contributed by atoms with van der Waals surface area (Å²) in [5, 5.41) is 12.4. The topological polar surface area (TPSA) is 50.1 Å². The maximum absolute atomic E-state index is 9.16. The molecule has 1 atom stereocenters. The van der Waals surface area contributed by atoms with E-state index in [1.165, 1.54) is 0 Å². The van der Waals surface area contributed by atoms with Crippen LogP contribution in [0.25, 0.3) is 0 Å². The average Bonchev–Trinajstić information content (AvgIpc) is 2.60. The monoisotopic (exact) mass is 197 g/mol. The summed E-state index contributed by atoms with van der Waals surface area (Å²) in [6, 6.07) is 0.0719. The van der Waals surface area contributed by atoms with Crippen molar-refractivity contribution >= 4 is 5.95 Å². The molecule has 0 bridgehead atoms. The number of aryl methyl sites for hydroxylation is 1. The van der Waals surface area contributed by atoms with Crippen LogP contribution in [0.4, 0.5) is 5.95 Å². The van der Waals surface area contributed by atoms with E-state index >= 15 is 0 Å². The Balaban J connectivity index is 2.66. The van der Waals surface area contributed by atoms with Crippen LogP contribution in [0.5, 0.6) is 0 Å². The average molecular weight is 197 g/mol. The summed E-state index contributed by atoms with van der Waals surface area (Å²) in [6.45, 7) is 7.24. The van der Waals surface area contributed by atoms with Gasteiger partial charge in [0.15, 0.2) is 0 Å². The molecule has 0 saturated heterocycles. The Morgan fingerprint density at radius 2 is 2.29 bits per heavy atom. The molecule has 0 spiro atoms. The van der Waals surface area contributed by atoms with Gasteiger partial charge >= 0.3 is 0 Å². The number of anilines is 1. The second-order valence-electron chi connectivity index (χ2n) is 3.71. The summed E-state index contributed by atoms with van der Waals surface area (Å²) in [5.41, 5.74) is 0. The van der Waals surface area contributed by atoms with Crippen molar-refractivity contribution in [2.45, 2.75) is 33.4 Å². The van der Waals surface area contributed by atoms with Gasteiger partial charge in [-0.25, -0.2) is 4.98 Å². The first kappa shape index (κ1) is 11.0. The fourth-order valence-electron chi connectivity index (χ4n) is 1.29. The highest BCUT2D eigenvalue weighted by Crippen LogP contribution is 2.10. The Hall–Kier alpha value is -1.03. The third-order valence-corrected chi connectivity index (χ3v) is 2.37. The van der Waals surface area contributed by atoms with E-state index in [9.17, 15) is 0 Å². The predicted octanol–water partition coefficient (Wildman–Crippen LogP) is 1.33. The number of rotatable bonds is 5. The molecule has 1 aromatic heterocycles. The molecule has 0 fully saturated rings. The molecule has 0 aliphatic rings. The maximum atomic E-state index is 9.16. The molecule has 0 unspecified atom stereocenters. The van der Waals surface area contributed by atoms with Crippen LogP contribution in [0.15, 0.2) is 12.4 Å². The molecule has 80 valence electrons. The molecule has 0 aliphatic heterocycles. The summed E-state index contributed by atoms with van der Waals surface area (Å²) >= 11 is 0. The molecule has 0 radical (unpaired) electrons. The Kier molecular flexibility index (Phi) is 3.95. The van der Waals surface area contributed by atoms with Crippen molar-refractivity contribution in [2.75, 3.05) is 11.9 Å². The summed E-state index contributed by atoms with van der Waals surface area (Å²) in [6.07, 6.45) is 3.69. The summed E-state index contributed by atoms with van der Waals surface area (Å²) < 4.78 is 2.02. The van der Waals surface area contributed by atoms with E-state index in [1.54, 1.807) is 6.20 Å². The highest BCUT2D eigenvalue weighted by atomic mass is 16.3. The van der Waals surface area contributed by atoms with E-state index in [0.29, 0.717) is 5.92 Å². The summed E-state index contributed by atoms with van der Waals surface area (Å²) in [7, 11) is 0. The first-order valence-electron chi connectivity index (χ1n) is 5.07. The van der Waals surface area contributed by atoms with Crippen LogP contribution < -0.4 is 5.32 Å². The van der Waals surface area contributed by atoms with E-state index in [2.05, 4.69) is 31.1 Å². The van der Waals surface area contributed by atoms with Gasteiger partial charge in [0.2, 0.25) is 5.95 Å². The van der Waals surface area contributed by atoms with Gasteiger partial charge in [-0.3, -0.25) is 0 Å². The first-order chi connectivity index (χ1) is 6.69. The zero-order valence-electron chi connectivity index (χ0n) is 9.07. The van der Waals surface area contributed by atoms with Crippen molar-refractivity contribution in [2.24, 2.45) is 5.92 Å². The van der Waals surface area contributed by atoms with Crippen molar-refractivity contribution in [1.82, 2.24) is 9.55 Å². The fraction of sp³-hybridized carbons (Fsp3) is 0.700. The number of hydrogen-bond donors (Lipinski definition) is 2. The number of nitrogens with one attached hydrogen (secondary N) is 1. The minimum atomic E-state index is 0.0719. The van der Waals surface area contributed by atoms with Gasteiger partial charge < -0.3 is 15.0 Å². The molecular formula is C10H19N3O. The SMILES string of the molecule is CCn1ccnc1N[C@H](CO)C(C)C. The number of nitrogens with zero attached hydrogens (tertiary/aromatic N) is 2. The second-order valence-corrected chi connectivity index (χ2v) is 3.71. The molecule has 1 aromatic rings. The van der Waals surface area contributed by atoms with Crippen LogP contribution in [0.3, 0.4) is 0 Å². The normalized spacial score (nSPS) is 13.2. The van der Waals surface area contributed by atoms with Crippen LogP contribution in [0.1, 0.15) is 20.8 Å². The molecular weight excluding hydrogens is 178 g/mol. The number of aliphatic hydroxyl groups is 1. The van der Waals surface area contributed by atoms with Gasteiger partial charge in [-0.2, -0.15) is 0 Å². The second kappa shape index (κ2) is 5.00. The van der Waals surface area contributed by atoms with E-state index in [1.807, 2.05) is 10.8 Å². The van der Waals surface area contributed by atoms with Gasteiger partial charge in [0.25, 0.3) is 0 Å². The first-order valence-corrected chi connectivity index (χ1v) is 5.07. The van der Waals surface area contributed by atoms with Gasteiger partial charge in [-0.15, -0.1) is 0 Å². The number of aliphatic hydroxyl groups excluding tert-OH is 1. The zero-order chi connectivity index (χ0) is 10.6. The lowest BCUT2D eigenvalue weighted by Gasteiger charge is -2.20.